The largest absolute Gasteiger partial charge is 0.332 e. The van der Waals surface area contributed by atoms with Crippen molar-refractivity contribution in [3.63, 3.8) is 0 Å². The molecule has 0 aliphatic carbocycles. The van der Waals surface area contributed by atoms with Crippen LogP contribution in [0.4, 0.5) is 0 Å². The van der Waals surface area contributed by atoms with Crippen LogP contribution in [0.2, 0.25) is 0 Å². The molecule has 68 valence electrons. The average molecular weight is 178 g/mol. The van der Waals surface area contributed by atoms with Gasteiger partial charge in [0.15, 0.2) is 11.5 Å². The van der Waals surface area contributed by atoms with E-state index in [-0.39, 0.29) is 0 Å². The zero-order valence-electron chi connectivity index (χ0n) is 7.53. The fraction of sp³-hybridized carbons (Fsp3) is 0.375. The predicted octanol–water partition coefficient (Wildman–Crippen LogP) is 1.33. The van der Waals surface area contributed by atoms with Crippen molar-refractivity contribution in [2.45, 2.75) is 20.3 Å². The zero-order valence-corrected chi connectivity index (χ0v) is 7.53. The molecule has 2 aromatic rings. The molecule has 0 amide bonds. The summed E-state index contributed by atoms with van der Waals surface area (Å²) in [6.07, 6.45) is 0.917. The van der Waals surface area contributed by atoms with Crippen LogP contribution >= 0.6 is 0 Å². The number of rotatable bonds is 2. The Morgan fingerprint density at radius 3 is 2.92 bits per heavy atom. The number of nitrogens with zero attached hydrogens (tertiary/aromatic N) is 3. The van der Waals surface area contributed by atoms with Gasteiger partial charge in [0, 0.05) is 5.69 Å². The van der Waals surface area contributed by atoms with E-state index in [4.69, 9.17) is 4.52 Å². The van der Waals surface area contributed by atoms with Gasteiger partial charge in [0.2, 0.25) is 0 Å². The highest BCUT2D eigenvalue weighted by atomic mass is 16.5. The van der Waals surface area contributed by atoms with Crippen LogP contribution in [-0.4, -0.2) is 20.3 Å². The van der Waals surface area contributed by atoms with Gasteiger partial charge in [-0.1, -0.05) is 12.1 Å². The van der Waals surface area contributed by atoms with Gasteiger partial charge in [-0.3, -0.25) is 5.10 Å². The van der Waals surface area contributed by atoms with Crippen molar-refractivity contribution in [1.82, 2.24) is 20.3 Å². The van der Waals surface area contributed by atoms with Crippen molar-refractivity contribution in [2.75, 3.05) is 0 Å². The lowest BCUT2D eigenvalue weighted by Gasteiger charge is -1.81. The smallest absolute Gasteiger partial charge is 0.278 e. The van der Waals surface area contributed by atoms with Crippen LogP contribution in [0, 0.1) is 6.92 Å². The lowest BCUT2D eigenvalue weighted by Crippen LogP contribution is -1.77. The highest BCUT2D eigenvalue weighted by molar-refractivity contribution is 5.46. The molecule has 0 fully saturated rings. The first-order valence-corrected chi connectivity index (χ1v) is 4.14. The van der Waals surface area contributed by atoms with E-state index in [0.29, 0.717) is 17.4 Å². The molecule has 0 atom stereocenters. The SMILES string of the molecule is CCc1cc(-c2nc(C)no2)n[nH]1. The Kier molecular flexibility index (Phi) is 1.84. The van der Waals surface area contributed by atoms with E-state index in [1.165, 1.54) is 0 Å². The molecule has 0 unspecified atom stereocenters. The standard InChI is InChI=1S/C8H10N4O/c1-3-6-4-7(11-10-6)8-9-5(2)12-13-8/h4H,3H2,1-2H3,(H,10,11). The fourth-order valence-corrected chi connectivity index (χ4v) is 1.05. The fourth-order valence-electron chi connectivity index (χ4n) is 1.05. The van der Waals surface area contributed by atoms with Crippen molar-refractivity contribution in [2.24, 2.45) is 0 Å². The van der Waals surface area contributed by atoms with E-state index < -0.39 is 0 Å². The summed E-state index contributed by atoms with van der Waals surface area (Å²) in [5.74, 6) is 1.09. The van der Waals surface area contributed by atoms with Gasteiger partial charge in [0.1, 0.15) is 0 Å². The third-order valence-electron chi connectivity index (χ3n) is 1.76. The summed E-state index contributed by atoms with van der Waals surface area (Å²) in [5, 5.41) is 10.6. The normalized spacial score (nSPS) is 10.6. The van der Waals surface area contributed by atoms with Crippen LogP contribution in [0.5, 0.6) is 0 Å². The molecule has 0 radical (unpaired) electrons. The van der Waals surface area contributed by atoms with Crippen molar-refractivity contribution in [1.29, 1.82) is 0 Å². The van der Waals surface area contributed by atoms with E-state index in [1.54, 1.807) is 6.92 Å². The number of aryl methyl sites for hydroxylation is 2. The highest BCUT2D eigenvalue weighted by Gasteiger charge is 2.09. The molecule has 1 N–H and O–H groups in total. The predicted molar refractivity (Wildman–Crippen MR) is 46.0 cm³/mol. The summed E-state index contributed by atoms with van der Waals surface area (Å²) in [7, 11) is 0. The Bertz CT molecular complexity index is 404. The van der Waals surface area contributed by atoms with Crippen LogP contribution in [0.25, 0.3) is 11.6 Å². The maximum atomic E-state index is 4.96. The number of aromatic nitrogens is 4. The monoisotopic (exact) mass is 178 g/mol. The van der Waals surface area contributed by atoms with Crippen molar-refractivity contribution in [3.8, 4) is 11.6 Å². The Morgan fingerprint density at radius 2 is 2.38 bits per heavy atom. The summed E-state index contributed by atoms with van der Waals surface area (Å²) >= 11 is 0. The Hall–Kier alpha value is -1.65. The third-order valence-corrected chi connectivity index (χ3v) is 1.76. The molecule has 13 heavy (non-hydrogen) atoms. The Morgan fingerprint density at radius 1 is 1.54 bits per heavy atom. The minimum absolute atomic E-state index is 0.466. The molecule has 5 nitrogen and oxygen atoms in total. The van der Waals surface area contributed by atoms with Gasteiger partial charge in [-0.25, -0.2) is 0 Å². The van der Waals surface area contributed by atoms with E-state index >= 15 is 0 Å². The molecule has 0 aromatic carbocycles. The van der Waals surface area contributed by atoms with E-state index in [9.17, 15) is 0 Å². The second-order valence-electron chi connectivity index (χ2n) is 2.78. The molecule has 5 heteroatoms. The van der Waals surface area contributed by atoms with Crippen molar-refractivity contribution >= 4 is 0 Å². The average Bonchev–Trinajstić information content (AvgIpc) is 2.71. The maximum absolute atomic E-state index is 4.96. The first-order valence-electron chi connectivity index (χ1n) is 4.14. The number of H-pyrrole nitrogens is 1. The van der Waals surface area contributed by atoms with Crippen LogP contribution < -0.4 is 0 Å². The molecule has 2 rings (SSSR count). The highest BCUT2D eigenvalue weighted by Crippen LogP contribution is 2.14. The van der Waals surface area contributed by atoms with E-state index in [1.807, 2.05) is 6.07 Å². The number of nitrogens with one attached hydrogen (secondary N) is 1. The van der Waals surface area contributed by atoms with Gasteiger partial charge in [-0.15, -0.1) is 0 Å². The van der Waals surface area contributed by atoms with Crippen LogP contribution in [0.15, 0.2) is 10.6 Å². The zero-order chi connectivity index (χ0) is 9.26. The minimum atomic E-state index is 0.466. The quantitative estimate of drug-likeness (QED) is 0.753. The van der Waals surface area contributed by atoms with Gasteiger partial charge in [0.05, 0.1) is 0 Å². The number of aromatic amines is 1. The van der Waals surface area contributed by atoms with Crippen molar-refractivity contribution < 1.29 is 4.52 Å². The molecular formula is C8H10N4O. The molecule has 0 bridgehead atoms. The van der Waals surface area contributed by atoms with Crippen molar-refractivity contribution in [3.05, 3.63) is 17.6 Å². The van der Waals surface area contributed by atoms with E-state index in [2.05, 4.69) is 27.3 Å². The van der Waals surface area contributed by atoms with Gasteiger partial charge >= 0.3 is 0 Å². The van der Waals surface area contributed by atoms with Gasteiger partial charge in [0.25, 0.3) is 5.89 Å². The summed E-state index contributed by atoms with van der Waals surface area (Å²) in [6, 6.07) is 1.91. The maximum Gasteiger partial charge on any atom is 0.278 e. The molecule has 0 spiro atoms. The number of hydrogen-bond acceptors (Lipinski definition) is 4. The molecule has 0 aliphatic rings. The first kappa shape index (κ1) is 7.97. The lowest BCUT2D eigenvalue weighted by molar-refractivity contribution is 0.424. The van der Waals surface area contributed by atoms with Gasteiger partial charge in [-0.05, 0) is 19.4 Å². The third kappa shape index (κ3) is 1.44. The summed E-state index contributed by atoms with van der Waals surface area (Å²) in [5.41, 5.74) is 1.77. The topological polar surface area (TPSA) is 67.6 Å². The molecule has 0 saturated carbocycles. The van der Waals surface area contributed by atoms with E-state index in [0.717, 1.165) is 12.1 Å². The van der Waals surface area contributed by atoms with Crippen LogP contribution in [0.3, 0.4) is 0 Å². The van der Waals surface area contributed by atoms with Crippen LogP contribution in [0.1, 0.15) is 18.4 Å². The molecule has 2 heterocycles. The molecule has 2 aromatic heterocycles. The lowest BCUT2D eigenvalue weighted by atomic mass is 10.3. The van der Waals surface area contributed by atoms with Gasteiger partial charge in [-0.2, -0.15) is 10.1 Å². The molecule has 0 saturated heterocycles. The summed E-state index contributed by atoms with van der Waals surface area (Å²) < 4.78 is 4.96. The van der Waals surface area contributed by atoms with Gasteiger partial charge < -0.3 is 4.52 Å². The second kappa shape index (κ2) is 3.01. The summed E-state index contributed by atoms with van der Waals surface area (Å²) in [6.45, 7) is 3.83. The number of hydrogen-bond donors (Lipinski definition) is 1. The first-order chi connectivity index (χ1) is 6.29. The Labute approximate surface area is 75.2 Å². The Balaban J connectivity index is 2.35. The minimum Gasteiger partial charge on any atom is -0.332 e. The molecule has 0 aliphatic heterocycles. The second-order valence-corrected chi connectivity index (χ2v) is 2.78. The molecular weight excluding hydrogens is 168 g/mol. The summed E-state index contributed by atoms with van der Waals surface area (Å²) in [4.78, 5) is 4.07. The van der Waals surface area contributed by atoms with Crippen LogP contribution in [-0.2, 0) is 6.42 Å².